The van der Waals surface area contributed by atoms with Gasteiger partial charge in [0.05, 0.1) is 12.8 Å². The molecule has 2 aromatic rings. The molecule has 0 bridgehead atoms. The minimum atomic E-state index is -0.727. The van der Waals surface area contributed by atoms with Crippen LogP contribution in [0.2, 0.25) is 0 Å². The lowest BCUT2D eigenvalue weighted by molar-refractivity contribution is -0.147. The van der Waals surface area contributed by atoms with Crippen LogP contribution >= 0.6 is 0 Å². The van der Waals surface area contributed by atoms with E-state index in [9.17, 15) is 14.4 Å². The number of esters is 1. The summed E-state index contributed by atoms with van der Waals surface area (Å²) in [5.74, 6) is -0.920. The zero-order valence-corrected chi connectivity index (χ0v) is 16.8. The number of hydrogen-bond acceptors (Lipinski definition) is 6. The summed E-state index contributed by atoms with van der Waals surface area (Å²) in [6.45, 7) is 6.17. The van der Waals surface area contributed by atoms with Gasteiger partial charge in [0.2, 0.25) is 0 Å². The smallest absolute Gasteiger partial charge is 0.325 e. The fourth-order valence-electron chi connectivity index (χ4n) is 2.31. The van der Waals surface area contributed by atoms with Gasteiger partial charge in [0, 0.05) is 0 Å². The molecule has 156 valence electrons. The van der Waals surface area contributed by atoms with Gasteiger partial charge in [-0.15, -0.1) is 0 Å². The Morgan fingerprint density at radius 2 is 1.76 bits per heavy atom. The van der Waals surface area contributed by atoms with E-state index in [0.29, 0.717) is 5.75 Å². The first-order chi connectivity index (χ1) is 13.8. The second kappa shape index (κ2) is 10.3. The largest absolute Gasteiger partial charge is 0.492 e. The molecule has 0 fully saturated rings. The van der Waals surface area contributed by atoms with Crippen molar-refractivity contribution in [1.82, 2.24) is 10.6 Å². The summed E-state index contributed by atoms with van der Waals surface area (Å²) >= 11 is 0. The van der Waals surface area contributed by atoms with Crippen LogP contribution in [0.15, 0.2) is 47.1 Å². The quantitative estimate of drug-likeness (QED) is 0.491. The Morgan fingerprint density at radius 1 is 1.03 bits per heavy atom. The van der Waals surface area contributed by atoms with E-state index in [4.69, 9.17) is 13.9 Å². The van der Waals surface area contributed by atoms with Crippen LogP contribution in [0.1, 0.15) is 36.9 Å². The number of carbonyl (C=O) groups excluding carboxylic acids is 3. The SMILES string of the molecule is CC(C)(C)c1ccc(OCCNC(=O)COC(=O)CNC(=O)c2ccco2)cc1. The zero-order valence-electron chi connectivity index (χ0n) is 16.8. The number of benzene rings is 1. The Hall–Kier alpha value is -3.29. The third-order valence-corrected chi connectivity index (χ3v) is 3.92. The van der Waals surface area contributed by atoms with Crippen molar-refractivity contribution in [3.05, 3.63) is 54.0 Å². The molecule has 0 saturated carbocycles. The molecule has 0 radical (unpaired) electrons. The lowest BCUT2D eigenvalue weighted by atomic mass is 9.87. The molecule has 29 heavy (non-hydrogen) atoms. The van der Waals surface area contributed by atoms with E-state index in [2.05, 4.69) is 31.4 Å². The monoisotopic (exact) mass is 402 g/mol. The van der Waals surface area contributed by atoms with Gasteiger partial charge in [-0.3, -0.25) is 14.4 Å². The number of carbonyl (C=O) groups is 3. The normalized spacial score (nSPS) is 10.9. The van der Waals surface area contributed by atoms with Crippen molar-refractivity contribution >= 4 is 17.8 Å². The van der Waals surface area contributed by atoms with Gasteiger partial charge >= 0.3 is 5.97 Å². The Bertz CT molecular complexity index is 807. The summed E-state index contributed by atoms with van der Waals surface area (Å²) in [5, 5.41) is 4.92. The lowest BCUT2D eigenvalue weighted by Crippen LogP contribution is -2.35. The van der Waals surface area contributed by atoms with Crippen LogP contribution in [0.25, 0.3) is 0 Å². The Balaban J connectivity index is 1.57. The molecule has 0 spiro atoms. The van der Waals surface area contributed by atoms with E-state index < -0.39 is 24.4 Å². The molecule has 0 atom stereocenters. The predicted octanol–water partition coefficient (Wildman–Crippen LogP) is 2.05. The van der Waals surface area contributed by atoms with Crippen molar-refractivity contribution in [3.63, 3.8) is 0 Å². The summed E-state index contributed by atoms with van der Waals surface area (Å²) in [6.07, 6.45) is 1.35. The van der Waals surface area contributed by atoms with Gasteiger partial charge in [0.1, 0.15) is 18.9 Å². The highest BCUT2D eigenvalue weighted by molar-refractivity contribution is 5.93. The number of furan rings is 1. The molecule has 2 rings (SSSR count). The van der Waals surface area contributed by atoms with Crippen molar-refractivity contribution in [2.75, 3.05) is 26.3 Å². The summed E-state index contributed by atoms with van der Waals surface area (Å²) in [6, 6.07) is 10.8. The molecular formula is C21H26N2O6. The second-order valence-corrected chi connectivity index (χ2v) is 7.29. The molecule has 8 nitrogen and oxygen atoms in total. The molecule has 2 N–H and O–H groups in total. The summed E-state index contributed by atoms with van der Waals surface area (Å²) in [5.41, 5.74) is 1.28. The summed E-state index contributed by atoms with van der Waals surface area (Å²) < 4.78 is 15.3. The van der Waals surface area contributed by atoms with Crippen LogP contribution in [0.5, 0.6) is 5.75 Å². The van der Waals surface area contributed by atoms with Gasteiger partial charge in [0.15, 0.2) is 12.4 Å². The van der Waals surface area contributed by atoms with Gasteiger partial charge in [-0.1, -0.05) is 32.9 Å². The molecule has 1 aromatic heterocycles. The second-order valence-electron chi connectivity index (χ2n) is 7.29. The van der Waals surface area contributed by atoms with Crippen LogP contribution in [0.4, 0.5) is 0 Å². The first-order valence-electron chi connectivity index (χ1n) is 9.23. The first kappa shape index (κ1) is 22.0. The van der Waals surface area contributed by atoms with Crippen molar-refractivity contribution in [1.29, 1.82) is 0 Å². The third kappa shape index (κ3) is 7.69. The molecule has 0 aliphatic carbocycles. The maximum Gasteiger partial charge on any atom is 0.325 e. The summed E-state index contributed by atoms with van der Waals surface area (Å²) in [7, 11) is 0. The van der Waals surface area contributed by atoms with Crippen LogP contribution in [-0.4, -0.2) is 44.1 Å². The van der Waals surface area contributed by atoms with Gasteiger partial charge in [-0.2, -0.15) is 0 Å². The Kier molecular flexibility index (Phi) is 7.82. The number of nitrogens with one attached hydrogen (secondary N) is 2. The molecule has 1 heterocycles. The minimum absolute atomic E-state index is 0.0749. The van der Waals surface area contributed by atoms with Gasteiger partial charge in [0.25, 0.3) is 11.8 Å². The van der Waals surface area contributed by atoms with E-state index >= 15 is 0 Å². The molecule has 1 aromatic carbocycles. The number of rotatable bonds is 9. The average Bonchev–Trinajstić information content (AvgIpc) is 3.22. The fourth-order valence-corrected chi connectivity index (χ4v) is 2.31. The highest BCUT2D eigenvalue weighted by Crippen LogP contribution is 2.24. The first-order valence-corrected chi connectivity index (χ1v) is 9.23. The molecule has 0 saturated heterocycles. The number of hydrogen-bond donors (Lipinski definition) is 2. The van der Waals surface area contributed by atoms with Crippen molar-refractivity contribution < 1.29 is 28.3 Å². The van der Waals surface area contributed by atoms with Gasteiger partial charge < -0.3 is 24.5 Å². The minimum Gasteiger partial charge on any atom is -0.492 e. The van der Waals surface area contributed by atoms with Gasteiger partial charge in [-0.25, -0.2) is 0 Å². The number of amides is 2. The Labute approximate surface area is 169 Å². The van der Waals surface area contributed by atoms with E-state index in [1.807, 2.05) is 24.3 Å². The van der Waals surface area contributed by atoms with E-state index in [-0.39, 0.29) is 30.9 Å². The van der Waals surface area contributed by atoms with E-state index in [1.54, 1.807) is 6.07 Å². The molecule has 0 aliphatic rings. The Morgan fingerprint density at radius 3 is 2.38 bits per heavy atom. The number of ether oxygens (including phenoxy) is 2. The zero-order chi connectivity index (χ0) is 21.3. The standard InChI is InChI=1S/C21H26N2O6/c1-21(2,3)15-6-8-16(9-7-15)27-12-10-22-18(24)14-29-19(25)13-23-20(26)17-5-4-11-28-17/h4-9,11H,10,12-14H2,1-3H3,(H,22,24)(H,23,26). The third-order valence-electron chi connectivity index (χ3n) is 3.92. The van der Waals surface area contributed by atoms with Crippen molar-refractivity contribution in [2.45, 2.75) is 26.2 Å². The lowest BCUT2D eigenvalue weighted by Gasteiger charge is -2.19. The highest BCUT2D eigenvalue weighted by atomic mass is 16.5. The van der Waals surface area contributed by atoms with Crippen LogP contribution < -0.4 is 15.4 Å². The van der Waals surface area contributed by atoms with Crippen molar-refractivity contribution in [3.8, 4) is 5.75 Å². The molecule has 8 heteroatoms. The molecule has 2 amide bonds. The van der Waals surface area contributed by atoms with E-state index in [1.165, 1.54) is 17.9 Å². The fraction of sp³-hybridized carbons (Fsp3) is 0.381. The summed E-state index contributed by atoms with van der Waals surface area (Å²) in [4.78, 5) is 34.9. The molecule has 0 aliphatic heterocycles. The topological polar surface area (TPSA) is 107 Å². The van der Waals surface area contributed by atoms with Crippen molar-refractivity contribution in [2.24, 2.45) is 0 Å². The van der Waals surface area contributed by atoms with Gasteiger partial charge in [-0.05, 0) is 35.2 Å². The maximum atomic E-state index is 11.7. The van der Waals surface area contributed by atoms with Crippen LogP contribution in [0, 0.1) is 0 Å². The average molecular weight is 402 g/mol. The van der Waals surface area contributed by atoms with Crippen LogP contribution in [0.3, 0.4) is 0 Å². The predicted molar refractivity (Wildman–Crippen MR) is 106 cm³/mol. The highest BCUT2D eigenvalue weighted by Gasteiger charge is 2.13. The molecule has 0 unspecified atom stereocenters. The van der Waals surface area contributed by atoms with E-state index in [0.717, 1.165) is 0 Å². The molecular weight excluding hydrogens is 376 g/mol. The maximum absolute atomic E-state index is 11.7. The van der Waals surface area contributed by atoms with Crippen LogP contribution in [-0.2, 0) is 19.7 Å².